The first-order valence-corrected chi connectivity index (χ1v) is 10.5. The Morgan fingerprint density at radius 2 is 2.12 bits per heavy atom. The molecule has 1 unspecified atom stereocenters. The van der Waals surface area contributed by atoms with Gasteiger partial charge in [-0.3, -0.25) is 9.48 Å². The largest absolute Gasteiger partial charge is 0.349 e. The molecular formula is C22H17F2N7OS. The fourth-order valence-corrected chi connectivity index (χ4v) is 3.94. The van der Waals surface area contributed by atoms with Crippen molar-refractivity contribution in [2.24, 2.45) is 7.05 Å². The van der Waals surface area contributed by atoms with Crippen LogP contribution >= 0.6 is 11.3 Å². The zero-order valence-corrected chi connectivity index (χ0v) is 18.4. The lowest BCUT2D eigenvalue weighted by Gasteiger charge is -2.28. The average Bonchev–Trinajstić information content (AvgIpc) is 3.47. The second-order valence-electron chi connectivity index (χ2n) is 7.37. The quantitative estimate of drug-likeness (QED) is 0.440. The van der Waals surface area contributed by atoms with Crippen molar-refractivity contribution < 1.29 is 13.6 Å². The highest BCUT2D eigenvalue weighted by atomic mass is 32.1. The number of amides is 1. The predicted molar refractivity (Wildman–Crippen MR) is 117 cm³/mol. The number of nitrogens with one attached hydrogen (secondary N) is 1. The number of aromatic nitrogens is 6. The summed E-state index contributed by atoms with van der Waals surface area (Å²) in [5, 5.41) is 14.8. The van der Waals surface area contributed by atoms with E-state index in [2.05, 4.69) is 36.5 Å². The van der Waals surface area contributed by atoms with Crippen LogP contribution in [-0.4, -0.2) is 42.4 Å². The standard InChI is InChI=1S/C22H17F2N7OS/c1-4-15-6-5-7-17(28-15)22(2,13-9-27-31(3)11-13)12-26-19(32)21-30-29-20(33-21)18-16(24)8-14(23)10-25-18/h1,5-11H,12H2,2-3H3,(H,26,32). The maximum atomic E-state index is 14.0. The van der Waals surface area contributed by atoms with E-state index in [1.54, 1.807) is 30.1 Å². The molecule has 0 bridgehead atoms. The van der Waals surface area contributed by atoms with Crippen molar-refractivity contribution in [1.29, 1.82) is 0 Å². The monoisotopic (exact) mass is 465 g/mol. The summed E-state index contributed by atoms with van der Waals surface area (Å²) in [4.78, 5) is 21.0. The van der Waals surface area contributed by atoms with Crippen molar-refractivity contribution in [2.75, 3.05) is 6.54 Å². The van der Waals surface area contributed by atoms with E-state index in [1.807, 2.05) is 19.2 Å². The normalized spacial score (nSPS) is 12.7. The van der Waals surface area contributed by atoms with E-state index >= 15 is 0 Å². The summed E-state index contributed by atoms with van der Waals surface area (Å²) in [6.07, 6.45) is 9.91. The van der Waals surface area contributed by atoms with Crippen LogP contribution in [0.5, 0.6) is 0 Å². The Kier molecular flexibility index (Phi) is 5.93. The van der Waals surface area contributed by atoms with E-state index in [1.165, 1.54) is 0 Å². The molecule has 0 aromatic carbocycles. The van der Waals surface area contributed by atoms with Gasteiger partial charge < -0.3 is 5.32 Å². The van der Waals surface area contributed by atoms with Gasteiger partial charge in [-0.15, -0.1) is 16.6 Å². The van der Waals surface area contributed by atoms with Gasteiger partial charge in [-0.05, 0) is 19.1 Å². The molecule has 0 saturated carbocycles. The van der Waals surface area contributed by atoms with Crippen molar-refractivity contribution in [3.8, 4) is 23.0 Å². The number of carbonyl (C=O) groups excluding carboxylic acids is 1. The summed E-state index contributed by atoms with van der Waals surface area (Å²) >= 11 is 0.849. The Labute approximate surface area is 191 Å². The zero-order chi connectivity index (χ0) is 23.6. The van der Waals surface area contributed by atoms with Crippen molar-refractivity contribution in [3.63, 3.8) is 0 Å². The number of carbonyl (C=O) groups is 1. The molecule has 0 fully saturated rings. The first-order valence-electron chi connectivity index (χ1n) is 9.66. The van der Waals surface area contributed by atoms with Crippen LogP contribution in [0.3, 0.4) is 0 Å². The fourth-order valence-electron chi connectivity index (χ4n) is 3.18. The third kappa shape index (κ3) is 4.47. The number of pyridine rings is 2. The fraction of sp³-hybridized carbons (Fsp3) is 0.182. The molecule has 0 aliphatic heterocycles. The second-order valence-corrected chi connectivity index (χ2v) is 8.34. The van der Waals surface area contributed by atoms with Gasteiger partial charge in [0.15, 0.2) is 10.8 Å². The molecule has 4 aromatic heterocycles. The number of terminal acetylenes is 1. The van der Waals surface area contributed by atoms with E-state index in [0.29, 0.717) is 17.5 Å². The van der Waals surface area contributed by atoms with Gasteiger partial charge in [-0.2, -0.15) is 5.10 Å². The molecular weight excluding hydrogens is 448 g/mol. The molecule has 4 heterocycles. The molecule has 0 radical (unpaired) electrons. The van der Waals surface area contributed by atoms with E-state index in [9.17, 15) is 13.6 Å². The molecule has 11 heteroatoms. The molecule has 0 saturated heterocycles. The zero-order valence-electron chi connectivity index (χ0n) is 17.6. The molecule has 1 atom stereocenters. The Balaban J connectivity index is 1.59. The highest BCUT2D eigenvalue weighted by Gasteiger charge is 2.33. The second kappa shape index (κ2) is 8.84. The van der Waals surface area contributed by atoms with Gasteiger partial charge in [0, 0.05) is 31.4 Å². The first kappa shape index (κ1) is 22.2. The number of hydrogen-bond donors (Lipinski definition) is 1. The number of nitrogens with zero attached hydrogens (tertiary/aromatic N) is 6. The molecule has 166 valence electrons. The van der Waals surface area contributed by atoms with Crippen LogP contribution in [0.15, 0.2) is 42.9 Å². The SMILES string of the molecule is C#Cc1cccc(C(C)(CNC(=O)c2nnc(-c3ncc(F)cc3F)s2)c2cnn(C)c2)n1. The number of aryl methyl sites for hydroxylation is 1. The Bertz CT molecular complexity index is 1380. The smallest absolute Gasteiger partial charge is 0.282 e. The molecule has 8 nitrogen and oxygen atoms in total. The molecule has 0 aliphatic carbocycles. The molecule has 1 N–H and O–H groups in total. The summed E-state index contributed by atoms with van der Waals surface area (Å²) in [5.74, 6) is 0.311. The highest BCUT2D eigenvalue weighted by Crippen LogP contribution is 2.30. The predicted octanol–water partition coefficient (Wildman–Crippen LogP) is 2.72. The Hall–Kier alpha value is -4.04. The van der Waals surface area contributed by atoms with Gasteiger partial charge in [0.25, 0.3) is 5.91 Å². The Morgan fingerprint density at radius 1 is 1.30 bits per heavy atom. The summed E-state index contributed by atoms with van der Waals surface area (Å²) in [6, 6.07) is 6.04. The lowest BCUT2D eigenvalue weighted by molar-refractivity contribution is 0.0946. The summed E-state index contributed by atoms with van der Waals surface area (Å²) in [5.41, 5.74) is 1.01. The summed E-state index contributed by atoms with van der Waals surface area (Å²) < 4.78 is 28.8. The minimum Gasteiger partial charge on any atom is -0.349 e. The van der Waals surface area contributed by atoms with Gasteiger partial charge in [0.05, 0.1) is 23.5 Å². The molecule has 0 spiro atoms. The van der Waals surface area contributed by atoms with E-state index in [4.69, 9.17) is 6.42 Å². The minimum absolute atomic E-state index is 0.00870. The average molecular weight is 465 g/mol. The van der Waals surface area contributed by atoms with Crippen molar-refractivity contribution in [1.82, 2.24) is 35.3 Å². The lowest BCUT2D eigenvalue weighted by Crippen LogP contribution is -2.40. The molecule has 33 heavy (non-hydrogen) atoms. The number of halogens is 2. The van der Waals surface area contributed by atoms with Gasteiger partial charge in [0.2, 0.25) is 5.01 Å². The number of rotatable bonds is 6. The Morgan fingerprint density at radius 3 is 2.82 bits per heavy atom. The van der Waals surface area contributed by atoms with Crippen LogP contribution in [0.25, 0.3) is 10.7 Å². The van der Waals surface area contributed by atoms with Crippen LogP contribution in [0.4, 0.5) is 8.78 Å². The van der Waals surface area contributed by atoms with Gasteiger partial charge in [0.1, 0.15) is 17.2 Å². The van der Waals surface area contributed by atoms with Crippen LogP contribution in [-0.2, 0) is 12.5 Å². The summed E-state index contributed by atoms with van der Waals surface area (Å²) in [6.45, 7) is 2.06. The summed E-state index contributed by atoms with van der Waals surface area (Å²) in [7, 11) is 1.79. The van der Waals surface area contributed by atoms with Crippen LogP contribution < -0.4 is 5.32 Å². The van der Waals surface area contributed by atoms with E-state index in [0.717, 1.165) is 23.1 Å². The van der Waals surface area contributed by atoms with Gasteiger partial charge in [-0.1, -0.05) is 23.3 Å². The lowest BCUT2D eigenvalue weighted by atomic mass is 9.80. The van der Waals surface area contributed by atoms with E-state index in [-0.39, 0.29) is 22.3 Å². The topological polar surface area (TPSA) is 98.5 Å². The van der Waals surface area contributed by atoms with E-state index < -0.39 is 23.0 Å². The molecule has 1 amide bonds. The third-order valence-corrected chi connectivity index (χ3v) is 5.97. The highest BCUT2D eigenvalue weighted by molar-refractivity contribution is 7.16. The van der Waals surface area contributed by atoms with Crippen molar-refractivity contribution in [3.05, 3.63) is 76.4 Å². The van der Waals surface area contributed by atoms with Gasteiger partial charge >= 0.3 is 0 Å². The van der Waals surface area contributed by atoms with Gasteiger partial charge in [-0.25, -0.2) is 18.7 Å². The maximum Gasteiger partial charge on any atom is 0.282 e. The minimum atomic E-state index is -0.887. The number of hydrogen-bond acceptors (Lipinski definition) is 7. The van der Waals surface area contributed by atoms with Crippen LogP contribution in [0.2, 0.25) is 0 Å². The maximum absolute atomic E-state index is 14.0. The molecule has 4 aromatic rings. The molecule has 0 aliphatic rings. The van der Waals surface area contributed by atoms with Crippen LogP contribution in [0.1, 0.15) is 33.7 Å². The first-order chi connectivity index (χ1) is 15.8. The van der Waals surface area contributed by atoms with Crippen molar-refractivity contribution in [2.45, 2.75) is 12.3 Å². The molecule has 4 rings (SSSR count). The van der Waals surface area contributed by atoms with Crippen LogP contribution in [0, 0.1) is 24.0 Å². The van der Waals surface area contributed by atoms with Crippen molar-refractivity contribution >= 4 is 17.2 Å². The third-order valence-electron chi connectivity index (χ3n) is 5.04.